The fraction of sp³-hybridized carbons (Fsp3) is 0.208. The highest BCUT2D eigenvalue weighted by Gasteiger charge is 2.17. The molecule has 2 amide bonds. The quantitative estimate of drug-likeness (QED) is 0.529. The molecule has 0 spiro atoms. The van der Waals surface area contributed by atoms with Gasteiger partial charge in [-0.25, -0.2) is 9.18 Å². The second-order valence-electron chi connectivity index (χ2n) is 8.09. The van der Waals surface area contributed by atoms with Crippen LogP contribution in [0.5, 0.6) is 5.75 Å². The fourth-order valence-electron chi connectivity index (χ4n) is 2.97. The maximum absolute atomic E-state index is 13.9. The van der Waals surface area contributed by atoms with Crippen LogP contribution in [0.1, 0.15) is 36.7 Å². The van der Waals surface area contributed by atoms with Crippen molar-refractivity contribution in [2.24, 2.45) is 0 Å². The van der Waals surface area contributed by atoms with Gasteiger partial charge in [0.15, 0.2) is 5.82 Å². The van der Waals surface area contributed by atoms with Crippen molar-refractivity contribution in [3.8, 4) is 16.9 Å². The summed E-state index contributed by atoms with van der Waals surface area (Å²) in [6.07, 6.45) is 1.82. The number of phenolic OH excluding ortho intramolecular Hbond substituents is 1. The van der Waals surface area contributed by atoms with E-state index in [1.165, 1.54) is 18.3 Å². The number of amides is 2. The third-order valence-corrected chi connectivity index (χ3v) is 4.37. The van der Waals surface area contributed by atoms with Gasteiger partial charge in [0.2, 0.25) is 0 Å². The van der Waals surface area contributed by atoms with Crippen LogP contribution in [0.2, 0.25) is 0 Å². The molecular formula is C24H24FN3O4. The van der Waals surface area contributed by atoms with Gasteiger partial charge in [-0.1, -0.05) is 18.2 Å². The number of pyridine rings is 1. The van der Waals surface area contributed by atoms with E-state index in [1.807, 2.05) is 0 Å². The van der Waals surface area contributed by atoms with Crippen molar-refractivity contribution in [2.45, 2.75) is 32.9 Å². The molecule has 0 saturated heterocycles. The van der Waals surface area contributed by atoms with Crippen molar-refractivity contribution in [3.05, 3.63) is 77.9 Å². The van der Waals surface area contributed by atoms with Gasteiger partial charge in [-0.15, -0.1) is 0 Å². The van der Waals surface area contributed by atoms with Crippen LogP contribution in [0.3, 0.4) is 0 Å². The summed E-state index contributed by atoms with van der Waals surface area (Å²) in [5.74, 6) is -1.10. The van der Waals surface area contributed by atoms with E-state index in [1.54, 1.807) is 57.2 Å². The van der Waals surface area contributed by atoms with Gasteiger partial charge in [-0.2, -0.15) is 0 Å². The Labute approximate surface area is 185 Å². The van der Waals surface area contributed by atoms with Crippen LogP contribution >= 0.6 is 0 Å². The molecule has 7 nitrogen and oxygen atoms in total. The normalized spacial score (nSPS) is 11.0. The SMILES string of the molecule is CC(C)(C)OC(=O)NCc1ccc(C(=O)Nc2ccncc2F)cc1-c1cccc(O)c1. The van der Waals surface area contributed by atoms with Gasteiger partial charge in [0, 0.05) is 18.3 Å². The summed E-state index contributed by atoms with van der Waals surface area (Å²) >= 11 is 0. The summed E-state index contributed by atoms with van der Waals surface area (Å²) in [6, 6.07) is 12.8. The number of phenols is 1. The molecule has 0 saturated carbocycles. The first-order valence-corrected chi connectivity index (χ1v) is 9.92. The highest BCUT2D eigenvalue weighted by Crippen LogP contribution is 2.28. The number of aromatic hydroxyl groups is 1. The molecule has 0 aliphatic heterocycles. The van der Waals surface area contributed by atoms with E-state index in [2.05, 4.69) is 15.6 Å². The van der Waals surface area contributed by atoms with E-state index in [0.29, 0.717) is 16.7 Å². The molecule has 0 radical (unpaired) electrons. The predicted octanol–water partition coefficient (Wildman–Crippen LogP) is 4.87. The third kappa shape index (κ3) is 6.04. The van der Waals surface area contributed by atoms with Crippen LogP contribution in [0.15, 0.2) is 60.9 Å². The number of carbonyl (C=O) groups is 2. The molecule has 0 aliphatic rings. The zero-order valence-electron chi connectivity index (χ0n) is 18.0. The molecule has 0 fully saturated rings. The van der Waals surface area contributed by atoms with Gasteiger partial charge < -0.3 is 20.5 Å². The van der Waals surface area contributed by atoms with Crippen LogP contribution in [-0.4, -0.2) is 27.7 Å². The number of aromatic nitrogens is 1. The number of carbonyl (C=O) groups excluding carboxylic acids is 2. The van der Waals surface area contributed by atoms with Crippen LogP contribution in [-0.2, 0) is 11.3 Å². The lowest BCUT2D eigenvalue weighted by atomic mass is 9.96. The number of anilines is 1. The second-order valence-corrected chi connectivity index (χ2v) is 8.09. The second kappa shape index (κ2) is 9.47. The van der Waals surface area contributed by atoms with E-state index in [0.717, 1.165) is 6.20 Å². The minimum Gasteiger partial charge on any atom is -0.508 e. The van der Waals surface area contributed by atoms with Crippen molar-refractivity contribution in [1.82, 2.24) is 10.3 Å². The Bertz CT molecular complexity index is 1140. The number of benzene rings is 2. The average molecular weight is 437 g/mol. The van der Waals surface area contributed by atoms with Gasteiger partial charge in [0.1, 0.15) is 11.4 Å². The Kier molecular flexibility index (Phi) is 6.73. The number of ether oxygens (including phenoxy) is 1. The average Bonchev–Trinajstić information content (AvgIpc) is 2.72. The molecule has 1 heterocycles. The molecule has 0 unspecified atom stereocenters. The summed E-state index contributed by atoms with van der Waals surface area (Å²) in [6.45, 7) is 5.44. The van der Waals surface area contributed by atoms with Gasteiger partial charge >= 0.3 is 6.09 Å². The molecule has 166 valence electrons. The lowest BCUT2D eigenvalue weighted by Gasteiger charge is -2.20. The first-order chi connectivity index (χ1) is 15.1. The zero-order chi connectivity index (χ0) is 23.3. The van der Waals surface area contributed by atoms with Crippen LogP contribution in [0, 0.1) is 5.82 Å². The summed E-state index contributed by atoms with van der Waals surface area (Å²) in [4.78, 5) is 28.4. The van der Waals surface area contributed by atoms with Gasteiger partial charge in [-0.05, 0) is 67.8 Å². The first-order valence-electron chi connectivity index (χ1n) is 9.92. The van der Waals surface area contributed by atoms with Gasteiger partial charge in [0.25, 0.3) is 5.91 Å². The Morgan fingerprint density at radius 2 is 1.91 bits per heavy atom. The zero-order valence-corrected chi connectivity index (χ0v) is 18.0. The van der Waals surface area contributed by atoms with E-state index in [9.17, 15) is 19.1 Å². The molecule has 3 N–H and O–H groups in total. The lowest BCUT2D eigenvalue weighted by molar-refractivity contribution is 0.0523. The summed E-state index contributed by atoms with van der Waals surface area (Å²) in [5, 5.41) is 15.1. The Hall–Kier alpha value is -3.94. The van der Waals surface area contributed by atoms with E-state index < -0.39 is 23.4 Å². The van der Waals surface area contributed by atoms with Crippen LogP contribution in [0.4, 0.5) is 14.9 Å². The van der Waals surface area contributed by atoms with E-state index >= 15 is 0 Å². The van der Waals surface area contributed by atoms with Gasteiger partial charge in [-0.3, -0.25) is 9.78 Å². The van der Waals surface area contributed by atoms with E-state index in [4.69, 9.17) is 4.74 Å². The lowest BCUT2D eigenvalue weighted by Crippen LogP contribution is -2.32. The molecule has 3 aromatic rings. The highest BCUT2D eigenvalue weighted by molar-refractivity contribution is 6.05. The fourth-order valence-corrected chi connectivity index (χ4v) is 2.97. The highest BCUT2D eigenvalue weighted by atomic mass is 19.1. The maximum atomic E-state index is 13.9. The molecule has 3 rings (SSSR count). The third-order valence-electron chi connectivity index (χ3n) is 4.37. The molecule has 2 aromatic carbocycles. The number of alkyl carbamates (subject to hydrolysis) is 1. The summed E-state index contributed by atoms with van der Waals surface area (Å²) in [5.41, 5.74) is 1.63. The molecule has 1 aromatic heterocycles. The topological polar surface area (TPSA) is 101 Å². The molecular weight excluding hydrogens is 413 g/mol. The van der Waals surface area contributed by atoms with Crippen molar-refractivity contribution in [2.75, 3.05) is 5.32 Å². The molecule has 0 bridgehead atoms. The number of hydrogen-bond donors (Lipinski definition) is 3. The van der Waals surface area contributed by atoms with Crippen LogP contribution < -0.4 is 10.6 Å². The monoisotopic (exact) mass is 437 g/mol. The predicted molar refractivity (Wildman–Crippen MR) is 119 cm³/mol. The minimum absolute atomic E-state index is 0.0135. The Morgan fingerprint density at radius 3 is 2.59 bits per heavy atom. The summed E-state index contributed by atoms with van der Waals surface area (Å²) < 4.78 is 19.1. The summed E-state index contributed by atoms with van der Waals surface area (Å²) in [7, 11) is 0. The molecule has 0 atom stereocenters. The maximum Gasteiger partial charge on any atom is 0.407 e. The number of rotatable bonds is 5. The molecule has 8 heteroatoms. The number of nitrogens with one attached hydrogen (secondary N) is 2. The van der Waals surface area contributed by atoms with E-state index in [-0.39, 0.29) is 23.5 Å². The first kappa shape index (κ1) is 22.7. The number of halogens is 1. The largest absolute Gasteiger partial charge is 0.508 e. The number of nitrogens with zero attached hydrogens (tertiary/aromatic N) is 1. The van der Waals surface area contributed by atoms with Crippen molar-refractivity contribution in [3.63, 3.8) is 0 Å². The number of hydrogen-bond acceptors (Lipinski definition) is 5. The minimum atomic E-state index is -0.646. The van der Waals surface area contributed by atoms with Crippen LogP contribution in [0.25, 0.3) is 11.1 Å². The molecule has 32 heavy (non-hydrogen) atoms. The Balaban J connectivity index is 1.90. The molecule has 0 aliphatic carbocycles. The van der Waals surface area contributed by atoms with Crippen molar-refractivity contribution >= 4 is 17.7 Å². The smallest absolute Gasteiger partial charge is 0.407 e. The van der Waals surface area contributed by atoms with Crippen molar-refractivity contribution < 1.29 is 23.8 Å². The van der Waals surface area contributed by atoms with Gasteiger partial charge in [0.05, 0.1) is 11.9 Å². The Morgan fingerprint density at radius 1 is 1.12 bits per heavy atom. The standard InChI is InChI=1S/C24H24FN3O4/c1-24(2,3)32-23(31)27-13-17-8-7-16(12-19(17)15-5-4-6-18(29)11-15)22(30)28-21-9-10-26-14-20(21)25/h4-12,14,29H,13H2,1-3H3,(H,27,31)(H,26,28,30). The van der Waals surface area contributed by atoms with Crippen molar-refractivity contribution in [1.29, 1.82) is 0 Å².